The summed E-state index contributed by atoms with van der Waals surface area (Å²) in [4.78, 5) is 16.1. The van der Waals surface area contributed by atoms with Gasteiger partial charge in [0.05, 0.1) is 10.7 Å². The molecule has 0 bridgehead atoms. The number of carbonyl (C=O) groups is 1. The molecule has 18 heavy (non-hydrogen) atoms. The molecular formula is C13H10ClNO2S. The number of halogens is 1. The summed E-state index contributed by atoms with van der Waals surface area (Å²) in [6, 6.07) is 7.37. The van der Waals surface area contributed by atoms with Crippen molar-refractivity contribution in [2.24, 2.45) is 0 Å². The first kappa shape index (κ1) is 11.7. The fourth-order valence-corrected chi connectivity index (χ4v) is 3.18. The van der Waals surface area contributed by atoms with Crippen molar-refractivity contribution in [1.82, 2.24) is 4.98 Å². The van der Waals surface area contributed by atoms with E-state index in [0.29, 0.717) is 20.8 Å². The van der Waals surface area contributed by atoms with E-state index >= 15 is 0 Å². The van der Waals surface area contributed by atoms with Gasteiger partial charge in [-0.25, -0.2) is 9.78 Å². The third-order valence-electron chi connectivity index (χ3n) is 2.92. The zero-order valence-electron chi connectivity index (χ0n) is 9.39. The van der Waals surface area contributed by atoms with Crippen LogP contribution in [0.25, 0.3) is 10.6 Å². The Morgan fingerprint density at radius 3 is 2.72 bits per heavy atom. The normalized spacial score (nSPS) is 14.7. The van der Waals surface area contributed by atoms with Crippen LogP contribution in [0.1, 0.15) is 34.1 Å². The lowest BCUT2D eigenvalue weighted by molar-refractivity contribution is 0.0700. The van der Waals surface area contributed by atoms with Crippen LogP contribution in [0.2, 0.25) is 5.02 Å². The fourth-order valence-electron chi connectivity index (χ4n) is 1.87. The van der Waals surface area contributed by atoms with Crippen LogP contribution >= 0.6 is 22.9 Å². The van der Waals surface area contributed by atoms with Crippen LogP contribution in [0.3, 0.4) is 0 Å². The quantitative estimate of drug-likeness (QED) is 0.922. The highest BCUT2D eigenvalue weighted by Crippen LogP contribution is 2.44. The molecule has 0 atom stereocenters. The molecule has 0 radical (unpaired) electrons. The van der Waals surface area contributed by atoms with E-state index in [9.17, 15) is 9.90 Å². The molecule has 92 valence electrons. The van der Waals surface area contributed by atoms with Crippen molar-refractivity contribution in [3.8, 4) is 10.6 Å². The first-order valence-electron chi connectivity index (χ1n) is 5.65. The Labute approximate surface area is 113 Å². The Bertz CT molecular complexity index is 619. The molecule has 0 saturated heterocycles. The van der Waals surface area contributed by atoms with Crippen molar-refractivity contribution in [3.63, 3.8) is 0 Å². The second-order valence-corrected chi connectivity index (χ2v) is 5.70. The molecule has 0 spiro atoms. The molecule has 1 heterocycles. The zero-order chi connectivity index (χ0) is 12.7. The molecule has 3 nitrogen and oxygen atoms in total. The minimum Gasteiger partial charge on any atom is -0.477 e. The van der Waals surface area contributed by atoms with Gasteiger partial charge in [0.15, 0.2) is 0 Å². The predicted molar refractivity (Wildman–Crippen MR) is 71.5 cm³/mol. The highest BCUT2D eigenvalue weighted by atomic mass is 35.5. The molecule has 0 amide bonds. The third-order valence-corrected chi connectivity index (χ3v) is 4.34. The summed E-state index contributed by atoms with van der Waals surface area (Å²) in [5, 5.41) is 10.5. The van der Waals surface area contributed by atoms with E-state index in [4.69, 9.17) is 11.6 Å². The van der Waals surface area contributed by atoms with Gasteiger partial charge in [-0.15, -0.1) is 11.3 Å². The summed E-state index contributed by atoms with van der Waals surface area (Å²) in [5.74, 6) is -0.573. The maximum absolute atomic E-state index is 11.2. The summed E-state index contributed by atoms with van der Waals surface area (Å²) in [6.45, 7) is 0. The Morgan fingerprint density at radius 2 is 2.11 bits per heavy atom. The lowest BCUT2D eigenvalue weighted by atomic mass is 10.2. The number of thiazole rings is 1. The molecule has 3 rings (SSSR count). The van der Waals surface area contributed by atoms with Crippen molar-refractivity contribution >= 4 is 28.9 Å². The monoisotopic (exact) mass is 279 g/mol. The number of benzene rings is 1. The minimum absolute atomic E-state index is 0.323. The van der Waals surface area contributed by atoms with Crippen molar-refractivity contribution in [2.45, 2.75) is 18.8 Å². The number of nitrogens with zero attached hydrogens (tertiary/aromatic N) is 1. The molecule has 1 aromatic heterocycles. The second-order valence-electron chi connectivity index (χ2n) is 4.29. The van der Waals surface area contributed by atoms with Gasteiger partial charge in [-0.3, -0.25) is 0 Å². The van der Waals surface area contributed by atoms with E-state index in [1.807, 2.05) is 18.2 Å². The number of hydrogen-bond acceptors (Lipinski definition) is 3. The van der Waals surface area contributed by atoms with Crippen LogP contribution in [0, 0.1) is 0 Å². The van der Waals surface area contributed by atoms with Crippen LogP contribution in [-0.4, -0.2) is 16.1 Å². The van der Waals surface area contributed by atoms with E-state index in [-0.39, 0.29) is 0 Å². The number of aromatic nitrogens is 1. The van der Waals surface area contributed by atoms with Crippen LogP contribution in [0.5, 0.6) is 0 Å². The van der Waals surface area contributed by atoms with Gasteiger partial charge in [0.2, 0.25) is 0 Å². The predicted octanol–water partition coefficient (Wildman–Crippen LogP) is 4.04. The highest BCUT2D eigenvalue weighted by molar-refractivity contribution is 7.17. The number of carboxylic acids is 1. The largest absolute Gasteiger partial charge is 0.477 e. The maximum atomic E-state index is 11.2. The Kier molecular flexibility index (Phi) is 2.84. The van der Waals surface area contributed by atoms with Gasteiger partial charge < -0.3 is 5.11 Å². The molecule has 0 aliphatic heterocycles. The molecule has 1 aliphatic carbocycles. The fraction of sp³-hybridized carbons (Fsp3) is 0.231. The smallest absolute Gasteiger partial charge is 0.347 e. The molecule has 1 N–H and O–H groups in total. The Hall–Kier alpha value is -1.39. The molecular weight excluding hydrogens is 270 g/mol. The number of aromatic carboxylic acids is 1. The Morgan fingerprint density at radius 1 is 1.39 bits per heavy atom. The van der Waals surface area contributed by atoms with Gasteiger partial charge in [0, 0.05) is 11.5 Å². The van der Waals surface area contributed by atoms with Crippen molar-refractivity contribution in [3.05, 3.63) is 39.9 Å². The molecule has 1 fully saturated rings. The summed E-state index contributed by atoms with van der Waals surface area (Å²) < 4.78 is 0. The van der Waals surface area contributed by atoms with Crippen LogP contribution in [0.4, 0.5) is 0 Å². The van der Waals surface area contributed by atoms with Crippen molar-refractivity contribution in [2.75, 3.05) is 0 Å². The van der Waals surface area contributed by atoms with E-state index in [1.54, 1.807) is 6.07 Å². The first-order chi connectivity index (χ1) is 8.66. The standard InChI is InChI=1S/C13H10ClNO2S/c14-9-4-2-1-3-8(9)12-15-10(7-5-6-7)11(18-12)13(16)17/h1-4,7H,5-6H2,(H,16,17). The number of hydrogen-bond donors (Lipinski definition) is 1. The van der Waals surface area contributed by atoms with Gasteiger partial charge >= 0.3 is 5.97 Å². The first-order valence-corrected chi connectivity index (χ1v) is 6.85. The highest BCUT2D eigenvalue weighted by Gasteiger charge is 2.32. The minimum atomic E-state index is -0.896. The van der Waals surface area contributed by atoms with Crippen LogP contribution in [-0.2, 0) is 0 Å². The molecule has 1 saturated carbocycles. The Balaban J connectivity index is 2.11. The summed E-state index contributed by atoms with van der Waals surface area (Å²) >= 11 is 7.32. The van der Waals surface area contributed by atoms with Gasteiger partial charge in [-0.1, -0.05) is 29.8 Å². The number of rotatable bonds is 3. The summed E-state index contributed by atoms with van der Waals surface area (Å²) in [7, 11) is 0. The summed E-state index contributed by atoms with van der Waals surface area (Å²) in [6.07, 6.45) is 2.07. The molecule has 5 heteroatoms. The zero-order valence-corrected chi connectivity index (χ0v) is 11.0. The third kappa shape index (κ3) is 2.02. The van der Waals surface area contributed by atoms with E-state index < -0.39 is 5.97 Å². The lowest BCUT2D eigenvalue weighted by Crippen LogP contribution is -1.97. The lowest BCUT2D eigenvalue weighted by Gasteiger charge is -1.98. The molecule has 2 aromatic rings. The average molecular weight is 280 g/mol. The van der Waals surface area contributed by atoms with Crippen molar-refractivity contribution in [1.29, 1.82) is 0 Å². The van der Waals surface area contributed by atoms with Gasteiger partial charge in [0.1, 0.15) is 9.88 Å². The van der Waals surface area contributed by atoms with Crippen molar-refractivity contribution < 1.29 is 9.90 Å². The van der Waals surface area contributed by atoms with E-state index in [2.05, 4.69) is 4.98 Å². The van der Waals surface area contributed by atoms with Gasteiger partial charge in [-0.05, 0) is 18.9 Å². The van der Waals surface area contributed by atoms with Crippen LogP contribution < -0.4 is 0 Å². The van der Waals surface area contributed by atoms with Crippen LogP contribution in [0.15, 0.2) is 24.3 Å². The van der Waals surface area contributed by atoms with Gasteiger partial charge in [0.25, 0.3) is 0 Å². The maximum Gasteiger partial charge on any atom is 0.347 e. The molecule has 1 aromatic carbocycles. The molecule has 1 aliphatic rings. The van der Waals surface area contributed by atoms with E-state index in [0.717, 1.165) is 24.1 Å². The van der Waals surface area contributed by atoms with E-state index in [1.165, 1.54) is 11.3 Å². The topological polar surface area (TPSA) is 50.2 Å². The average Bonchev–Trinajstić information content (AvgIpc) is 3.09. The SMILES string of the molecule is O=C(O)c1sc(-c2ccccc2Cl)nc1C1CC1. The summed E-state index contributed by atoms with van der Waals surface area (Å²) in [5.41, 5.74) is 1.53. The van der Waals surface area contributed by atoms with Gasteiger partial charge in [-0.2, -0.15) is 0 Å². The number of carboxylic acid groups (broad SMARTS) is 1. The second kappa shape index (κ2) is 4.37. The molecule has 0 unspecified atom stereocenters.